The van der Waals surface area contributed by atoms with Gasteiger partial charge in [-0.15, -0.1) is 0 Å². The molecule has 1 unspecified atom stereocenters. The molecule has 0 aliphatic carbocycles. The quantitative estimate of drug-likeness (QED) is 0.906. The minimum Gasteiger partial charge on any atom is -0.327 e. The number of aryl methyl sites for hydroxylation is 2. The summed E-state index contributed by atoms with van der Waals surface area (Å²) in [6, 6.07) is 10.7. The SMILES string of the molecule is CCc1ccc(-c2nc(C)cc(CC(N)CC)n2)cc1. The zero-order chi connectivity index (χ0) is 14.5. The molecule has 0 amide bonds. The second kappa shape index (κ2) is 6.62. The van der Waals surface area contributed by atoms with E-state index in [9.17, 15) is 0 Å². The van der Waals surface area contributed by atoms with Gasteiger partial charge in [-0.05, 0) is 31.4 Å². The summed E-state index contributed by atoms with van der Waals surface area (Å²) in [5.41, 5.74) is 10.4. The van der Waals surface area contributed by atoms with E-state index in [1.807, 2.05) is 13.0 Å². The van der Waals surface area contributed by atoms with E-state index in [2.05, 4.69) is 48.1 Å². The fourth-order valence-electron chi connectivity index (χ4n) is 2.17. The van der Waals surface area contributed by atoms with Gasteiger partial charge in [0.2, 0.25) is 0 Å². The van der Waals surface area contributed by atoms with Gasteiger partial charge < -0.3 is 5.73 Å². The number of hydrogen-bond donors (Lipinski definition) is 1. The molecule has 0 fully saturated rings. The van der Waals surface area contributed by atoms with Crippen LogP contribution in [0.4, 0.5) is 0 Å². The van der Waals surface area contributed by atoms with Gasteiger partial charge in [-0.1, -0.05) is 38.1 Å². The largest absolute Gasteiger partial charge is 0.327 e. The Morgan fingerprint density at radius 1 is 1.10 bits per heavy atom. The van der Waals surface area contributed by atoms with Crippen molar-refractivity contribution in [2.45, 2.75) is 46.1 Å². The second-order valence-corrected chi connectivity index (χ2v) is 5.25. The van der Waals surface area contributed by atoms with Gasteiger partial charge in [0.25, 0.3) is 0 Å². The van der Waals surface area contributed by atoms with Crippen LogP contribution in [0.15, 0.2) is 30.3 Å². The Kier molecular flexibility index (Phi) is 4.85. The van der Waals surface area contributed by atoms with Crippen LogP contribution in [0.25, 0.3) is 11.4 Å². The van der Waals surface area contributed by atoms with E-state index >= 15 is 0 Å². The molecule has 1 aromatic heterocycles. The molecule has 20 heavy (non-hydrogen) atoms. The fourth-order valence-corrected chi connectivity index (χ4v) is 2.17. The molecule has 0 bridgehead atoms. The lowest BCUT2D eigenvalue weighted by molar-refractivity contribution is 0.635. The molecule has 0 spiro atoms. The highest BCUT2D eigenvalue weighted by molar-refractivity contribution is 5.55. The highest BCUT2D eigenvalue weighted by Crippen LogP contribution is 2.17. The molecular weight excluding hydrogens is 246 g/mol. The molecule has 1 heterocycles. The van der Waals surface area contributed by atoms with Crippen LogP contribution >= 0.6 is 0 Å². The lowest BCUT2D eigenvalue weighted by atomic mass is 10.1. The molecule has 106 valence electrons. The van der Waals surface area contributed by atoms with E-state index in [0.29, 0.717) is 0 Å². The van der Waals surface area contributed by atoms with Crippen molar-refractivity contribution >= 4 is 0 Å². The van der Waals surface area contributed by atoms with Gasteiger partial charge >= 0.3 is 0 Å². The number of aromatic nitrogens is 2. The maximum absolute atomic E-state index is 6.02. The highest BCUT2D eigenvalue weighted by Gasteiger charge is 2.08. The van der Waals surface area contributed by atoms with Crippen LogP contribution in [0, 0.1) is 6.92 Å². The molecule has 1 aromatic carbocycles. The molecular formula is C17H23N3. The van der Waals surface area contributed by atoms with E-state index in [0.717, 1.165) is 42.0 Å². The summed E-state index contributed by atoms with van der Waals surface area (Å²) >= 11 is 0. The molecule has 2 N–H and O–H groups in total. The molecule has 1 atom stereocenters. The van der Waals surface area contributed by atoms with Crippen molar-refractivity contribution in [1.82, 2.24) is 9.97 Å². The van der Waals surface area contributed by atoms with Gasteiger partial charge in [0.1, 0.15) is 0 Å². The van der Waals surface area contributed by atoms with E-state index < -0.39 is 0 Å². The van der Waals surface area contributed by atoms with Crippen LogP contribution in [-0.2, 0) is 12.8 Å². The second-order valence-electron chi connectivity index (χ2n) is 5.25. The van der Waals surface area contributed by atoms with Crippen LogP contribution in [-0.4, -0.2) is 16.0 Å². The molecule has 0 saturated heterocycles. The summed E-state index contributed by atoms with van der Waals surface area (Å²) in [5.74, 6) is 0.797. The van der Waals surface area contributed by atoms with Crippen molar-refractivity contribution in [3.8, 4) is 11.4 Å². The number of rotatable bonds is 5. The Morgan fingerprint density at radius 3 is 2.40 bits per heavy atom. The third-order valence-corrected chi connectivity index (χ3v) is 3.52. The molecule has 0 aliphatic heterocycles. The maximum atomic E-state index is 6.02. The first-order valence-corrected chi connectivity index (χ1v) is 7.31. The summed E-state index contributed by atoms with van der Waals surface area (Å²) in [6.45, 7) is 6.26. The van der Waals surface area contributed by atoms with Crippen molar-refractivity contribution in [2.24, 2.45) is 5.73 Å². The Hall–Kier alpha value is -1.74. The highest BCUT2D eigenvalue weighted by atomic mass is 14.9. The Balaban J connectivity index is 2.30. The van der Waals surface area contributed by atoms with E-state index in [-0.39, 0.29) is 6.04 Å². The van der Waals surface area contributed by atoms with Gasteiger partial charge in [-0.3, -0.25) is 0 Å². The molecule has 3 heteroatoms. The van der Waals surface area contributed by atoms with Gasteiger partial charge in [0, 0.05) is 29.4 Å². The predicted molar refractivity (Wildman–Crippen MR) is 83.6 cm³/mol. The molecule has 3 nitrogen and oxygen atoms in total. The lowest BCUT2D eigenvalue weighted by Gasteiger charge is -2.10. The predicted octanol–water partition coefficient (Wildman–Crippen LogP) is 3.29. The van der Waals surface area contributed by atoms with Crippen molar-refractivity contribution in [2.75, 3.05) is 0 Å². The first-order valence-electron chi connectivity index (χ1n) is 7.31. The van der Waals surface area contributed by atoms with Crippen LogP contribution in [0.5, 0.6) is 0 Å². The van der Waals surface area contributed by atoms with Gasteiger partial charge in [-0.25, -0.2) is 9.97 Å². The van der Waals surface area contributed by atoms with Crippen molar-refractivity contribution in [3.63, 3.8) is 0 Å². The molecule has 2 rings (SSSR count). The standard InChI is InChI=1S/C17H23N3/c1-4-13-6-8-14(9-7-13)17-19-12(3)10-16(20-17)11-15(18)5-2/h6-10,15H,4-5,11,18H2,1-3H3. The smallest absolute Gasteiger partial charge is 0.159 e. The van der Waals surface area contributed by atoms with E-state index in [1.165, 1.54) is 5.56 Å². The number of hydrogen-bond acceptors (Lipinski definition) is 3. The number of nitrogens with zero attached hydrogens (tertiary/aromatic N) is 2. The van der Waals surface area contributed by atoms with E-state index in [4.69, 9.17) is 5.73 Å². The third kappa shape index (κ3) is 3.64. The summed E-state index contributed by atoms with van der Waals surface area (Å²) in [7, 11) is 0. The Morgan fingerprint density at radius 2 is 1.80 bits per heavy atom. The van der Waals surface area contributed by atoms with Crippen LogP contribution in [0.3, 0.4) is 0 Å². The fraction of sp³-hybridized carbons (Fsp3) is 0.412. The minimum atomic E-state index is 0.166. The van der Waals surface area contributed by atoms with Crippen LogP contribution < -0.4 is 5.73 Å². The van der Waals surface area contributed by atoms with Crippen molar-refractivity contribution in [1.29, 1.82) is 0 Å². The summed E-state index contributed by atoms with van der Waals surface area (Å²) in [6.07, 6.45) is 2.81. The lowest BCUT2D eigenvalue weighted by Crippen LogP contribution is -2.22. The first-order chi connectivity index (χ1) is 9.62. The maximum Gasteiger partial charge on any atom is 0.159 e. The summed E-state index contributed by atoms with van der Waals surface area (Å²) in [4.78, 5) is 9.20. The third-order valence-electron chi connectivity index (χ3n) is 3.52. The monoisotopic (exact) mass is 269 g/mol. The first kappa shape index (κ1) is 14.7. The van der Waals surface area contributed by atoms with Crippen LogP contribution in [0.2, 0.25) is 0 Å². The molecule has 2 aromatic rings. The van der Waals surface area contributed by atoms with Gasteiger partial charge in [0.05, 0.1) is 0 Å². The topological polar surface area (TPSA) is 51.8 Å². The van der Waals surface area contributed by atoms with Gasteiger partial charge in [0.15, 0.2) is 5.82 Å². The number of nitrogens with two attached hydrogens (primary N) is 1. The summed E-state index contributed by atoms with van der Waals surface area (Å²) < 4.78 is 0. The average Bonchev–Trinajstić information content (AvgIpc) is 2.46. The van der Waals surface area contributed by atoms with Crippen LogP contribution in [0.1, 0.15) is 37.2 Å². The molecule has 0 aliphatic rings. The normalized spacial score (nSPS) is 12.4. The van der Waals surface area contributed by atoms with E-state index in [1.54, 1.807) is 0 Å². The minimum absolute atomic E-state index is 0.166. The van der Waals surface area contributed by atoms with Gasteiger partial charge in [-0.2, -0.15) is 0 Å². The molecule has 0 radical (unpaired) electrons. The average molecular weight is 269 g/mol. The van der Waals surface area contributed by atoms with Crippen molar-refractivity contribution in [3.05, 3.63) is 47.3 Å². The zero-order valence-corrected chi connectivity index (χ0v) is 12.6. The molecule has 0 saturated carbocycles. The number of benzene rings is 1. The Bertz CT molecular complexity index is 561. The van der Waals surface area contributed by atoms with Crippen molar-refractivity contribution < 1.29 is 0 Å². The Labute approximate surface area is 121 Å². The summed E-state index contributed by atoms with van der Waals surface area (Å²) in [5, 5.41) is 0. The zero-order valence-electron chi connectivity index (χ0n) is 12.6.